The van der Waals surface area contributed by atoms with Crippen molar-refractivity contribution < 1.29 is 0 Å². The number of pyridine rings is 3. The van der Waals surface area contributed by atoms with E-state index < -0.39 is 0 Å². The molecule has 0 radical (unpaired) electrons. The zero-order chi connectivity index (χ0) is 21.7. The maximum Gasteiger partial charge on any atom is 0.252 e. The molecule has 0 saturated carbocycles. The van der Waals surface area contributed by atoms with Gasteiger partial charge in [0.1, 0.15) is 22.8 Å². The van der Waals surface area contributed by atoms with E-state index in [-0.39, 0.29) is 17.6 Å². The van der Waals surface area contributed by atoms with E-state index in [0.29, 0.717) is 11.2 Å². The molecule has 5 heterocycles. The smallest absolute Gasteiger partial charge is 0.252 e. The van der Waals surface area contributed by atoms with E-state index in [2.05, 4.69) is 51.1 Å². The summed E-state index contributed by atoms with van der Waals surface area (Å²) in [7, 11) is 1.74. The van der Waals surface area contributed by atoms with Crippen molar-refractivity contribution in [1.82, 2.24) is 14.5 Å². The Bertz CT molecular complexity index is 1400. The van der Waals surface area contributed by atoms with Gasteiger partial charge in [0.05, 0.1) is 21.6 Å². The van der Waals surface area contributed by atoms with Crippen LogP contribution in [0.2, 0.25) is 0 Å². The van der Waals surface area contributed by atoms with Gasteiger partial charge in [-0.15, -0.1) is 11.3 Å². The van der Waals surface area contributed by atoms with E-state index in [1.165, 1.54) is 10.4 Å². The summed E-state index contributed by atoms with van der Waals surface area (Å²) >= 11 is 1.72. The predicted molar refractivity (Wildman–Crippen MR) is 125 cm³/mol. The van der Waals surface area contributed by atoms with Crippen LogP contribution in [0, 0.1) is 11.3 Å². The van der Waals surface area contributed by atoms with Crippen molar-refractivity contribution in [3.63, 3.8) is 0 Å². The third-order valence-electron chi connectivity index (χ3n) is 6.10. The van der Waals surface area contributed by atoms with Gasteiger partial charge in [0, 0.05) is 49.9 Å². The zero-order valence-electron chi connectivity index (χ0n) is 17.6. The Morgan fingerprint density at radius 3 is 2.58 bits per heavy atom. The van der Waals surface area contributed by atoms with E-state index in [9.17, 15) is 10.1 Å². The Morgan fingerprint density at radius 1 is 1.10 bits per heavy atom. The number of fused-ring (bicyclic) bond motifs is 2. The standard InChI is InChI=1S/C23H22N6OS/c1-14-12-29(19-13-31-20-5-4-8-25-23(19)20)15(2)11-28(14)18-9-21(30)27(3)17-7-6-16(10-24)26-22(17)18/h4-9,13-15H,11-12H2,1-3H3/t14-,15+/m0/s1. The highest BCUT2D eigenvalue weighted by Crippen LogP contribution is 2.36. The van der Waals surface area contributed by atoms with Crippen LogP contribution in [0.5, 0.6) is 0 Å². The van der Waals surface area contributed by atoms with Crippen LogP contribution in [-0.2, 0) is 7.05 Å². The van der Waals surface area contributed by atoms with Crippen molar-refractivity contribution in [3.05, 3.63) is 58.0 Å². The maximum absolute atomic E-state index is 12.7. The molecule has 0 spiro atoms. The molecule has 31 heavy (non-hydrogen) atoms. The summed E-state index contributed by atoms with van der Waals surface area (Å²) in [4.78, 5) is 26.5. The van der Waals surface area contributed by atoms with E-state index in [0.717, 1.165) is 29.8 Å². The number of nitrogens with zero attached hydrogens (tertiary/aromatic N) is 6. The van der Waals surface area contributed by atoms with Crippen molar-refractivity contribution >= 4 is 44.0 Å². The van der Waals surface area contributed by atoms with Crippen molar-refractivity contribution in [2.75, 3.05) is 22.9 Å². The molecule has 0 aliphatic carbocycles. The Labute approximate surface area is 183 Å². The highest BCUT2D eigenvalue weighted by atomic mass is 32.1. The fourth-order valence-corrected chi connectivity index (χ4v) is 5.36. The number of hydrogen-bond donors (Lipinski definition) is 0. The molecule has 0 amide bonds. The molecule has 1 aliphatic rings. The largest absolute Gasteiger partial charge is 0.363 e. The van der Waals surface area contributed by atoms with Crippen LogP contribution in [0.25, 0.3) is 21.3 Å². The number of anilines is 2. The monoisotopic (exact) mass is 430 g/mol. The molecule has 156 valence electrons. The molecule has 4 aromatic rings. The van der Waals surface area contributed by atoms with Crippen LogP contribution >= 0.6 is 11.3 Å². The lowest BCUT2D eigenvalue weighted by Gasteiger charge is -2.46. The number of hydrogen-bond acceptors (Lipinski definition) is 7. The lowest BCUT2D eigenvalue weighted by atomic mass is 10.1. The van der Waals surface area contributed by atoms with Crippen LogP contribution < -0.4 is 15.4 Å². The molecule has 0 bridgehead atoms. The molecule has 0 unspecified atom stereocenters. The van der Waals surface area contributed by atoms with Gasteiger partial charge < -0.3 is 14.4 Å². The van der Waals surface area contributed by atoms with Gasteiger partial charge >= 0.3 is 0 Å². The normalized spacial score (nSPS) is 19.2. The summed E-state index contributed by atoms with van der Waals surface area (Å²) in [6.45, 7) is 5.91. The summed E-state index contributed by atoms with van der Waals surface area (Å²) in [5.74, 6) is 0. The minimum absolute atomic E-state index is 0.0793. The molecule has 8 heteroatoms. The van der Waals surface area contributed by atoms with Gasteiger partial charge in [0.25, 0.3) is 5.56 Å². The Kier molecular flexibility index (Phi) is 4.63. The van der Waals surface area contributed by atoms with E-state index in [1.807, 2.05) is 12.3 Å². The predicted octanol–water partition coefficient (Wildman–Crippen LogP) is 3.52. The molecule has 1 aliphatic heterocycles. The fraction of sp³-hybridized carbons (Fsp3) is 0.304. The molecule has 5 rings (SSSR count). The van der Waals surface area contributed by atoms with E-state index in [1.54, 1.807) is 41.2 Å². The van der Waals surface area contributed by atoms with Gasteiger partial charge in [0.15, 0.2) is 0 Å². The summed E-state index contributed by atoms with van der Waals surface area (Å²) in [5, 5.41) is 11.5. The minimum atomic E-state index is -0.0793. The fourth-order valence-electron chi connectivity index (χ4n) is 4.45. The highest BCUT2D eigenvalue weighted by Gasteiger charge is 2.32. The van der Waals surface area contributed by atoms with Gasteiger partial charge in [-0.1, -0.05) is 0 Å². The topological polar surface area (TPSA) is 78.0 Å². The van der Waals surface area contributed by atoms with Crippen LogP contribution in [0.1, 0.15) is 19.5 Å². The first-order chi connectivity index (χ1) is 15.0. The number of aromatic nitrogens is 3. The first-order valence-corrected chi connectivity index (χ1v) is 11.1. The van der Waals surface area contributed by atoms with Crippen LogP contribution in [-0.4, -0.2) is 39.7 Å². The average molecular weight is 431 g/mol. The van der Waals surface area contributed by atoms with Gasteiger partial charge in [-0.25, -0.2) is 4.98 Å². The van der Waals surface area contributed by atoms with Crippen molar-refractivity contribution in [3.8, 4) is 6.07 Å². The second-order valence-electron chi connectivity index (χ2n) is 8.08. The van der Waals surface area contributed by atoms with E-state index in [4.69, 9.17) is 0 Å². The second-order valence-corrected chi connectivity index (χ2v) is 8.99. The van der Waals surface area contributed by atoms with Crippen LogP contribution in [0.4, 0.5) is 11.4 Å². The van der Waals surface area contributed by atoms with Gasteiger partial charge in [0.2, 0.25) is 0 Å². The average Bonchev–Trinajstić information content (AvgIpc) is 3.21. The molecule has 0 aromatic carbocycles. The number of aryl methyl sites for hydroxylation is 1. The minimum Gasteiger partial charge on any atom is -0.363 e. The molecule has 1 fully saturated rings. The third kappa shape index (κ3) is 3.13. The molecule has 4 aromatic heterocycles. The molecule has 7 nitrogen and oxygen atoms in total. The molecular formula is C23H22N6OS. The highest BCUT2D eigenvalue weighted by molar-refractivity contribution is 7.17. The number of rotatable bonds is 2. The number of nitriles is 1. The third-order valence-corrected chi connectivity index (χ3v) is 7.02. The lowest BCUT2D eigenvalue weighted by molar-refractivity contribution is 0.482. The lowest BCUT2D eigenvalue weighted by Crippen LogP contribution is -2.57. The summed E-state index contributed by atoms with van der Waals surface area (Å²) in [6, 6.07) is 11.7. The Hall–Kier alpha value is -3.44. The first kappa shape index (κ1) is 19.5. The molecule has 1 saturated heterocycles. The van der Waals surface area contributed by atoms with Crippen molar-refractivity contribution in [2.24, 2.45) is 7.05 Å². The molecule has 2 atom stereocenters. The van der Waals surface area contributed by atoms with Crippen LogP contribution in [0.3, 0.4) is 0 Å². The first-order valence-electron chi connectivity index (χ1n) is 10.2. The van der Waals surface area contributed by atoms with Gasteiger partial charge in [-0.2, -0.15) is 5.26 Å². The zero-order valence-corrected chi connectivity index (χ0v) is 18.4. The number of thiophene rings is 1. The maximum atomic E-state index is 12.7. The number of piperazine rings is 1. The summed E-state index contributed by atoms with van der Waals surface area (Å²) < 4.78 is 2.77. The second kappa shape index (κ2) is 7.36. The quantitative estimate of drug-likeness (QED) is 0.484. The van der Waals surface area contributed by atoms with Crippen molar-refractivity contribution in [1.29, 1.82) is 5.26 Å². The molecule has 0 N–H and O–H groups in total. The van der Waals surface area contributed by atoms with Gasteiger partial charge in [-0.05, 0) is 38.1 Å². The van der Waals surface area contributed by atoms with Crippen LogP contribution in [0.15, 0.2) is 46.7 Å². The van der Waals surface area contributed by atoms with Crippen molar-refractivity contribution in [2.45, 2.75) is 25.9 Å². The SMILES string of the molecule is C[C@@H]1CN(c2cc(=O)n(C)c3ccc(C#N)nc23)[C@@H](C)CN1c1csc2cccnc12. The Balaban J connectivity index is 1.56. The Morgan fingerprint density at radius 2 is 1.84 bits per heavy atom. The molecular weight excluding hydrogens is 408 g/mol. The summed E-state index contributed by atoms with van der Waals surface area (Å²) in [5.41, 5.74) is 4.69. The van der Waals surface area contributed by atoms with Gasteiger partial charge in [-0.3, -0.25) is 9.78 Å². The van der Waals surface area contributed by atoms with E-state index >= 15 is 0 Å². The summed E-state index contributed by atoms with van der Waals surface area (Å²) in [6.07, 6.45) is 1.84.